The lowest BCUT2D eigenvalue weighted by molar-refractivity contribution is -0.153. The van der Waals surface area contributed by atoms with Crippen molar-refractivity contribution in [2.45, 2.75) is 19.1 Å². The summed E-state index contributed by atoms with van der Waals surface area (Å²) >= 11 is 0. The van der Waals surface area contributed by atoms with Crippen LogP contribution in [0.4, 0.5) is 4.79 Å². The van der Waals surface area contributed by atoms with Crippen LogP contribution >= 0.6 is 0 Å². The van der Waals surface area contributed by atoms with Crippen LogP contribution < -0.4 is 10.6 Å². The van der Waals surface area contributed by atoms with Crippen LogP contribution in [0, 0.1) is 0 Å². The second-order valence-corrected chi connectivity index (χ2v) is 6.48. The first-order valence-electron chi connectivity index (χ1n) is 9.43. The number of carbonyl (C=O) groups excluding carboxylic acids is 3. The fraction of sp³-hybridized carbons (Fsp3) is 0.227. The average Bonchev–Trinajstić information content (AvgIpc) is 2.77. The highest BCUT2D eigenvalue weighted by Crippen LogP contribution is 2.28. The summed E-state index contributed by atoms with van der Waals surface area (Å²) < 4.78 is 10.3. The molecule has 1 aliphatic rings. The van der Waals surface area contributed by atoms with Crippen molar-refractivity contribution in [1.29, 1.82) is 0 Å². The molecule has 2 amide bonds. The number of aliphatic hydroxyl groups is 1. The van der Waals surface area contributed by atoms with E-state index < -0.39 is 36.7 Å². The van der Waals surface area contributed by atoms with E-state index >= 15 is 0 Å². The van der Waals surface area contributed by atoms with Crippen LogP contribution in [0.1, 0.15) is 30.2 Å². The predicted molar refractivity (Wildman–Crippen MR) is 107 cm³/mol. The van der Waals surface area contributed by atoms with Crippen LogP contribution in [0.2, 0.25) is 0 Å². The van der Waals surface area contributed by atoms with Crippen LogP contribution in [0.3, 0.4) is 0 Å². The van der Waals surface area contributed by atoms with Crippen LogP contribution in [0.5, 0.6) is 0 Å². The number of nitrogens with one attached hydrogen (secondary N) is 2. The third-order valence-electron chi connectivity index (χ3n) is 4.48. The number of hydrogen-bond donors (Lipinski definition) is 3. The Morgan fingerprint density at radius 3 is 2.30 bits per heavy atom. The summed E-state index contributed by atoms with van der Waals surface area (Å²) in [5, 5.41) is 15.4. The van der Waals surface area contributed by atoms with Crippen molar-refractivity contribution < 1.29 is 29.0 Å². The number of aliphatic hydroxyl groups excluding tert-OH is 1. The zero-order valence-electron chi connectivity index (χ0n) is 16.3. The standard InChI is InChI=1S/C22H22N2O6/c1-2-29-20(26)17-16(13-30-21(27)19(25)15-11-7-4-8-12-15)23-22(28)24-18(17)14-9-5-3-6-10-14/h3-12,18-19,25H,2,13H2,1H3,(H2,23,24,28)/t18-,19-/m1/s1. The van der Waals surface area contributed by atoms with Gasteiger partial charge in [-0.3, -0.25) is 0 Å². The quantitative estimate of drug-likeness (QED) is 0.603. The molecule has 8 nitrogen and oxygen atoms in total. The van der Waals surface area contributed by atoms with Gasteiger partial charge in [-0.1, -0.05) is 60.7 Å². The van der Waals surface area contributed by atoms with Gasteiger partial charge in [0.15, 0.2) is 6.10 Å². The monoisotopic (exact) mass is 410 g/mol. The van der Waals surface area contributed by atoms with E-state index in [0.717, 1.165) is 0 Å². The van der Waals surface area contributed by atoms with Gasteiger partial charge in [0, 0.05) is 0 Å². The van der Waals surface area contributed by atoms with Gasteiger partial charge in [-0.05, 0) is 18.1 Å². The van der Waals surface area contributed by atoms with E-state index in [2.05, 4.69) is 10.6 Å². The van der Waals surface area contributed by atoms with Crippen LogP contribution in [0.15, 0.2) is 71.9 Å². The topological polar surface area (TPSA) is 114 Å². The molecular weight excluding hydrogens is 388 g/mol. The highest BCUT2D eigenvalue weighted by atomic mass is 16.5. The first-order valence-corrected chi connectivity index (χ1v) is 9.43. The minimum Gasteiger partial charge on any atom is -0.463 e. The zero-order chi connectivity index (χ0) is 21.5. The third kappa shape index (κ3) is 4.84. The first kappa shape index (κ1) is 21.1. The van der Waals surface area contributed by atoms with Crippen LogP contribution in [0.25, 0.3) is 0 Å². The maximum Gasteiger partial charge on any atom is 0.340 e. The maximum absolute atomic E-state index is 12.6. The maximum atomic E-state index is 12.6. The molecule has 0 saturated heterocycles. The molecule has 1 aliphatic heterocycles. The van der Waals surface area contributed by atoms with Gasteiger partial charge in [0.2, 0.25) is 0 Å². The van der Waals surface area contributed by atoms with Gasteiger partial charge < -0.3 is 25.2 Å². The molecule has 30 heavy (non-hydrogen) atoms. The Labute approximate surface area is 173 Å². The van der Waals surface area contributed by atoms with Crippen LogP contribution in [-0.2, 0) is 19.1 Å². The molecule has 8 heteroatoms. The number of esters is 2. The molecule has 0 aromatic heterocycles. The Hall–Kier alpha value is -3.65. The van der Waals surface area contributed by atoms with Crippen molar-refractivity contribution in [3.8, 4) is 0 Å². The Bertz CT molecular complexity index is 943. The SMILES string of the molecule is CCOC(=O)C1=C(COC(=O)[C@H](O)c2ccccc2)NC(=O)N[C@@H]1c1ccccc1. The Morgan fingerprint density at radius 1 is 1.03 bits per heavy atom. The summed E-state index contributed by atoms with van der Waals surface area (Å²) in [4.78, 5) is 37.1. The van der Waals surface area contributed by atoms with Crippen molar-refractivity contribution in [1.82, 2.24) is 10.6 Å². The van der Waals surface area contributed by atoms with Gasteiger partial charge in [-0.2, -0.15) is 0 Å². The van der Waals surface area contributed by atoms with E-state index in [-0.39, 0.29) is 17.9 Å². The summed E-state index contributed by atoms with van der Waals surface area (Å²) in [6.07, 6.45) is -1.49. The second-order valence-electron chi connectivity index (χ2n) is 6.48. The molecule has 3 N–H and O–H groups in total. The molecule has 3 rings (SSSR count). The molecule has 0 saturated carbocycles. The molecule has 0 radical (unpaired) electrons. The molecule has 0 aliphatic carbocycles. The number of ether oxygens (including phenoxy) is 2. The summed E-state index contributed by atoms with van der Waals surface area (Å²) in [5.41, 5.74) is 1.27. The highest BCUT2D eigenvalue weighted by Gasteiger charge is 2.34. The van der Waals surface area contributed by atoms with E-state index in [1.165, 1.54) is 0 Å². The number of rotatable bonds is 7. The molecule has 1 heterocycles. The molecule has 2 aromatic rings. The van der Waals surface area contributed by atoms with E-state index in [9.17, 15) is 19.5 Å². The molecule has 0 fully saturated rings. The summed E-state index contributed by atoms with van der Waals surface area (Å²) in [6.45, 7) is 1.39. The second kappa shape index (κ2) is 9.71. The number of hydrogen-bond acceptors (Lipinski definition) is 6. The number of amides is 2. The van der Waals surface area contributed by atoms with Gasteiger partial charge in [0.1, 0.15) is 6.61 Å². The van der Waals surface area contributed by atoms with Crippen molar-refractivity contribution >= 4 is 18.0 Å². The first-order chi connectivity index (χ1) is 14.5. The lowest BCUT2D eigenvalue weighted by atomic mass is 9.95. The molecule has 0 unspecified atom stereocenters. The predicted octanol–water partition coefficient (Wildman–Crippen LogP) is 2.13. The largest absolute Gasteiger partial charge is 0.463 e. The molecular formula is C22H22N2O6. The van der Waals surface area contributed by atoms with Crippen molar-refractivity contribution in [2.75, 3.05) is 13.2 Å². The van der Waals surface area contributed by atoms with Gasteiger partial charge in [-0.15, -0.1) is 0 Å². The van der Waals surface area contributed by atoms with E-state index in [0.29, 0.717) is 11.1 Å². The molecule has 2 aromatic carbocycles. The van der Waals surface area contributed by atoms with Crippen molar-refractivity contribution in [2.24, 2.45) is 0 Å². The zero-order valence-corrected chi connectivity index (χ0v) is 16.3. The average molecular weight is 410 g/mol. The van der Waals surface area contributed by atoms with Gasteiger partial charge >= 0.3 is 18.0 Å². The minimum atomic E-state index is -1.49. The highest BCUT2D eigenvalue weighted by molar-refractivity contribution is 5.95. The van der Waals surface area contributed by atoms with Gasteiger partial charge in [-0.25, -0.2) is 14.4 Å². The Balaban J connectivity index is 1.86. The third-order valence-corrected chi connectivity index (χ3v) is 4.48. The fourth-order valence-corrected chi connectivity index (χ4v) is 3.07. The number of benzene rings is 2. The van der Waals surface area contributed by atoms with E-state index in [1.54, 1.807) is 61.5 Å². The van der Waals surface area contributed by atoms with Crippen LogP contribution in [-0.4, -0.2) is 36.3 Å². The van der Waals surface area contributed by atoms with Gasteiger partial charge in [0.25, 0.3) is 0 Å². The molecule has 0 spiro atoms. The van der Waals surface area contributed by atoms with Crippen molar-refractivity contribution in [3.63, 3.8) is 0 Å². The summed E-state index contributed by atoms with van der Waals surface area (Å²) in [5.74, 6) is -1.55. The number of carbonyl (C=O) groups is 3. The fourth-order valence-electron chi connectivity index (χ4n) is 3.07. The molecule has 2 atom stereocenters. The molecule has 156 valence electrons. The van der Waals surface area contributed by atoms with E-state index in [4.69, 9.17) is 9.47 Å². The lowest BCUT2D eigenvalue weighted by Crippen LogP contribution is -2.47. The summed E-state index contributed by atoms with van der Waals surface area (Å²) in [6, 6.07) is 15.9. The summed E-state index contributed by atoms with van der Waals surface area (Å²) in [7, 11) is 0. The Morgan fingerprint density at radius 2 is 1.67 bits per heavy atom. The Kier molecular flexibility index (Phi) is 6.82. The number of urea groups is 1. The van der Waals surface area contributed by atoms with E-state index in [1.807, 2.05) is 6.07 Å². The molecule has 0 bridgehead atoms. The smallest absolute Gasteiger partial charge is 0.340 e. The minimum absolute atomic E-state index is 0.0969. The van der Waals surface area contributed by atoms with Crippen molar-refractivity contribution in [3.05, 3.63) is 83.1 Å². The van der Waals surface area contributed by atoms with Gasteiger partial charge in [0.05, 0.1) is 23.9 Å². The normalized spacial score (nSPS) is 16.9. The lowest BCUT2D eigenvalue weighted by Gasteiger charge is -2.29.